The zero-order valence-corrected chi connectivity index (χ0v) is 15.4. The summed E-state index contributed by atoms with van der Waals surface area (Å²) in [5.74, 6) is 0. The first-order chi connectivity index (χ1) is 9.51. The van der Waals surface area contributed by atoms with Crippen LogP contribution in [-0.2, 0) is 0 Å². The molecule has 2 nitrogen and oxygen atoms in total. The Morgan fingerprint density at radius 3 is 1.30 bits per heavy atom. The van der Waals surface area contributed by atoms with Crippen LogP contribution in [0.5, 0.6) is 0 Å². The normalized spacial score (nSPS) is 9.50. The van der Waals surface area contributed by atoms with Gasteiger partial charge in [0.1, 0.15) is 0 Å². The van der Waals surface area contributed by atoms with E-state index in [1.807, 2.05) is 38.4 Å². The van der Waals surface area contributed by atoms with Crippen LogP contribution < -0.4 is 10.6 Å². The molecular weight excluding hydrogens is 380 g/mol. The minimum atomic E-state index is 1.15. The summed E-state index contributed by atoms with van der Waals surface area (Å²) >= 11 is 6.89. The van der Waals surface area contributed by atoms with Crippen LogP contribution in [0.2, 0.25) is 0 Å². The predicted octanol–water partition coefficient (Wildman–Crippen LogP) is 5.60. The van der Waals surface area contributed by atoms with Crippen molar-refractivity contribution >= 4 is 43.2 Å². The Hall–Kier alpha value is -1.00. The molecule has 108 valence electrons. The van der Waals surface area contributed by atoms with Crippen molar-refractivity contribution in [1.29, 1.82) is 0 Å². The second kappa shape index (κ2) is 8.32. The maximum Gasteiger partial charge on any atom is 0.0378 e. The summed E-state index contributed by atoms with van der Waals surface area (Å²) in [6, 6.07) is 12.2. The maximum atomic E-state index is 3.45. The third-order valence-electron chi connectivity index (χ3n) is 3.07. The van der Waals surface area contributed by atoms with E-state index >= 15 is 0 Å². The second-order valence-electron chi connectivity index (χ2n) is 4.32. The predicted molar refractivity (Wildman–Crippen MR) is 96.9 cm³/mol. The van der Waals surface area contributed by atoms with Crippen LogP contribution in [0, 0.1) is 13.8 Å². The van der Waals surface area contributed by atoms with Crippen molar-refractivity contribution < 1.29 is 0 Å². The molecule has 2 rings (SSSR count). The Morgan fingerprint density at radius 1 is 0.700 bits per heavy atom. The molecule has 0 atom stereocenters. The van der Waals surface area contributed by atoms with Gasteiger partial charge in [0.15, 0.2) is 0 Å². The van der Waals surface area contributed by atoms with Gasteiger partial charge in [0.05, 0.1) is 0 Å². The highest BCUT2D eigenvalue weighted by atomic mass is 79.9. The van der Waals surface area contributed by atoms with E-state index < -0.39 is 0 Å². The van der Waals surface area contributed by atoms with Crippen molar-refractivity contribution in [3.63, 3.8) is 0 Å². The molecule has 0 radical (unpaired) electrons. The van der Waals surface area contributed by atoms with Crippen LogP contribution in [0.25, 0.3) is 0 Å². The fourth-order valence-corrected chi connectivity index (χ4v) is 2.49. The monoisotopic (exact) mass is 398 g/mol. The van der Waals surface area contributed by atoms with Gasteiger partial charge >= 0.3 is 0 Å². The van der Waals surface area contributed by atoms with Crippen LogP contribution in [0.15, 0.2) is 45.3 Å². The van der Waals surface area contributed by atoms with E-state index in [4.69, 9.17) is 0 Å². The van der Waals surface area contributed by atoms with Gasteiger partial charge in [-0.1, -0.05) is 44.0 Å². The van der Waals surface area contributed by atoms with Gasteiger partial charge < -0.3 is 10.6 Å². The number of halogens is 2. The molecule has 0 heterocycles. The smallest absolute Gasteiger partial charge is 0.0378 e. The second-order valence-corrected chi connectivity index (χ2v) is 6.03. The fourth-order valence-electron chi connectivity index (χ4n) is 1.76. The summed E-state index contributed by atoms with van der Waals surface area (Å²) < 4.78 is 2.30. The van der Waals surface area contributed by atoms with E-state index in [0.717, 1.165) is 8.95 Å². The molecule has 2 aromatic rings. The first kappa shape index (κ1) is 17.1. The number of anilines is 2. The average molecular weight is 400 g/mol. The summed E-state index contributed by atoms with van der Waals surface area (Å²) in [5, 5.41) is 6.21. The Kier molecular flexibility index (Phi) is 7.10. The number of rotatable bonds is 2. The van der Waals surface area contributed by atoms with Crippen molar-refractivity contribution in [3.05, 3.63) is 56.5 Å². The lowest BCUT2D eigenvalue weighted by atomic mass is 10.2. The lowest BCUT2D eigenvalue weighted by Crippen LogP contribution is -1.90. The molecule has 0 fully saturated rings. The highest BCUT2D eigenvalue weighted by molar-refractivity contribution is 9.10. The van der Waals surface area contributed by atoms with E-state index in [-0.39, 0.29) is 0 Å². The van der Waals surface area contributed by atoms with Crippen LogP contribution in [0.4, 0.5) is 11.4 Å². The minimum Gasteiger partial charge on any atom is -0.388 e. The van der Waals surface area contributed by atoms with Gasteiger partial charge in [-0.3, -0.25) is 0 Å². The summed E-state index contributed by atoms with van der Waals surface area (Å²) in [5.41, 5.74) is 4.86. The van der Waals surface area contributed by atoms with E-state index in [9.17, 15) is 0 Å². The van der Waals surface area contributed by atoms with E-state index in [2.05, 4.69) is 68.5 Å². The van der Waals surface area contributed by atoms with Crippen LogP contribution >= 0.6 is 31.9 Å². The van der Waals surface area contributed by atoms with E-state index in [1.54, 1.807) is 0 Å². The van der Waals surface area contributed by atoms with Gasteiger partial charge in [-0.15, -0.1) is 0 Å². The van der Waals surface area contributed by atoms with Crippen molar-refractivity contribution in [2.24, 2.45) is 0 Å². The summed E-state index contributed by atoms with van der Waals surface area (Å²) in [6.07, 6.45) is 0. The molecule has 0 amide bonds. The molecule has 20 heavy (non-hydrogen) atoms. The van der Waals surface area contributed by atoms with Gasteiger partial charge in [0.2, 0.25) is 0 Å². The molecule has 2 aromatic carbocycles. The zero-order valence-electron chi connectivity index (χ0n) is 12.2. The van der Waals surface area contributed by atoms with Gasteiger partial charge in [-0.05, 0) is 49.2 Å². The fraction of sp³-hybridized carbons (Fsp3) is 0.250. The first-order valence-corrected chi connectivity index (χ1v) is 7.95. The number of nitrogens with one attached hydrogen (secondary N) is 2. The molecule has 0 saturated carbocycles. The first-order valence-electron chi connectivity index (χ1n) is 6.37. The van der Waals surface area contributed by atoms with Crippen LogP contribution in [-0.4, -0.2) is 14.1 Å². The third-order valence-corrected chi connectivity index (χ3v) is 4.79. The highest BCUT2D eigenvalue weighted by Gasteiger charge is 1.97. The Morgan fingerprint density at radius 2 is 1.05 bits per heavy atom. The van der Waals surface area contributed by atoms with Gasteiger partial charge in [-0.2, -0.15) is 0 Å². The Balaban J connectivity index is 0.000000200. The SMILES string of the molecule is CNc1cccc(Br)c1C.CNc1cccc(Br)c1C. The Labute approximate surface area is 138 Å². The van der Waals surface area contributed by atoms with E-state index in [1.165, 1.54) is 22.5 Å². The number of hydrogen-bond donors (Lipinski definition) is 2. The minimum absolute atomic E-state index is 1.15. The molecule has 2 N–H and O–H groups in total. The van der Waals surface area contributed by atoms with Gasteiger partial charge in [-0.25, -0.2) is 0 Å². The summed E-state index contributed by atoms with van der Waals surface area (Å²) in [7, 11) is 3.85. The molecule has 0 aliphatic heterocycles. The molecule has 0 spiro atoms. The third kappa shape index (κ3) is 4.53. The Bertz CT molecular complexity index is 517. The van der Waals surface area contributed by atoms with Gasteiger partial charge in [0, 0.05) is 34.4 Å². The lowest BCUT2D eigenvalue weighted by molar-refractivity contribution is 1.38. The summed E-state index contributed by atoms with van der Waals surface area (Å²) in [6.45, 7) is 4.16. The number of benzene rings is 2. The van der Waals surface area contributed by atoms with Crippen LogP contribution in [0.1, 0.15) is 11.1 Å². The lowest BCUT2D eigenvalue weighted by Gasteiger charge is -2.04. The van der Waals surface area contributed by atoms with Gasteiger partial charge in [0.25, 0.3) is 0 Å². The van der Waals surface area contributed by atoms with Crippen molar-refractivity contribution in [2.75, 3.05) is 24.7 Å². The van der Waals surface area contributed by atoms with Crippen molar-refractivity contribution in [2.45, 2.75) is 13.8 Å². The zero-order chi connectivity index (χ0) is 15.1. The largest absolute Gasteiger partial charge is 0.388 e. The molecule has 0 unspecified atom stereocenters. The molecule has 0 aromatic heterocycles. The quantitative estimate of drug-likeness (QED) is 0.686. The standard InChI is InChI=1S/2C8H10BrN/c2*1-6-7(9)4-3-5-8(6)10-2/h2*3-5,10H,1-2H3. The average Bonchev–Trinajstić information content (AvgIpc) is 2.45. The maximum absolute atomic E-state index is 3.45. The topological polar surface area (TPSA) is 24.1 Å². The highest BCUT2D eigenvalue weighted by Crippen LogP contribution is 2.23. The molecule has 0 saturated heterocycles. The number of hydrogen-bond acceptors (Lipinski definition) is 2. The van der Waals surface area contributed by atoms with Crippen LogP contribution in [0.3, 0.4) is 0 Å². The molecular formula is C16H20Br2N2. The molecule has 0 bridgehead atoms. The van der Waals surface area contributed by atoms with Crippen molar-refractivity contribution in [3.8, 4) is 0 Å². The molecule has 0 aliphatic carbocycles. The van der Waals surface area contributed by atoms with E-state index in [0.29, 0.717) is 0 Å². The summed E-state index contributed by atoms with van der Waals surface area (Å²) in [4.78, 5) is 0. The molecule has 0 aliphatic rings. The van der Waals surface area contributed by atoms with Crippen molar-refractivity contribution in [1.82, 2.24) is 0 Å². The molecule has 4 heteroatoms.